The fourth-order valence-corrected chi connectivity index (χ4v) is 4.45. The van der Waals surface area contributed by atoms with Crippen molar-refractivity contribution in [2.45, 2.75) is 19.3 Å². The lowest BCUT2D eigenvalue weighted by Crippen LogP contribution is -2.46. The minimum Gasteiger partial charge on any atom is -0.338 e. The van der Waals surface area contributed by atoms with E-state index >= 15 is 0 Å². The van der Waals surface area contributed by atoms with Crippen molar-refractivity contribution >= 4 is 50.0 Å². The first-order chi connectivity index (χ1) is 12.1. The number of thiazole rings is 1. The molecule has 0 aliphatic carbocycles. The number of carbonyl (C=O) groups excluding carboxylic acids is 2. The lowest BCUT2D eigenvalue weighted by molar-refractivity contribution is -0.117. The summed E-state index contributed by atoms with van der Waals surface area (Å²) >= 11 is 4.88. The van der Waals surface area contributed by atoms with Crippen LogP contribution in [0.5, 0.6) is 0 Å². The van der Waals surface area contributed by atoms with Gasteiger partial charge in [-0.25, -0.2) is 9.78 Å². The smallest absolute Gasteiger partial charge is 0.323 e. The van der Waals surface area contributed by atoms with E-state index in [0.717, 1.165) is 23.0 Å². The van der Waals surface area contributed by atoms with Gasteiger partial charge in [-0.2, -0.15) is 0 Å². The maximum atomic E-state index is 12.7. The average molecular weight is 421 g/mol. The second kappa shape index (κ2) is 6.76. The summed E-state index contributed by atoms with van der Waals surface area (Å²) in [6.45, 7) is 2.08. The SMILES string of the molecule is O=C1NCCCN1c1nc(CC(=O)N2CCc3cc(Br)ccc32)cs1. The van der Waals surface area contributed by atoms with E-state index in [1.54, 1.807) is 4.90 Å². The van der Waals surface area contributed by atoms with Gasteiger partial charge >= 0.3 is 6.03 Å². The molecule has 0 bridgehead atoms. The normalized spacial score (nSPS) is 16.8. The molecule has 1 N–H and O–H groups in total. The Morgan fingerprint density at radius 2 is 2.24 bits per heavy atom. The maximum absolute atomic E-state index is 12.7. The predicted molar refractivity (Wildman–Crippen MR) is 101 cm³/mol. The number of amides is 3. The van der Waals surface area contributed by atoms with Gasteiger partial charge in [0.2, 0.25) is 5.91 Å². The fourth-order valence-electron chi connectivity index (χ4n) is 3.19. The highest BCUT2D eigenvalue weighted by molar-refractivity contribution is 9.10. The monoisotopic (exact) mass is 420 g/mol. The van der Waals surface area contributed by atoms with Gasteiger partial charge in [0.1, 0.15) is 0 Å². The standard InChI is InChI=1S/C17H17BrN4O2S/c18-12-2-3-14-11(8-12)4-7-21(14)15(23)9-13-10-25-17(20-13)22-6-1-5-19-16(22)24/h2-3,8,10H,1,4-7,9H2,(H,19,24). The summed E-state index contributed by atoms with van der Waals surface area (Å²) < 4.78 is 1.03. The number of anilines is 2. The van der Waals surface area contributed by atoms with Crippen LogP contribution in [-0.4, -0.2) is 36.6 Å². The Bertz CT molecular complexity index is 838. The van der Waals surface area contributed by atoms with Gasteiger partial charge < -0.3 is 10.2 Å². The van der Waals surface area contributed by atoms with Crippen LogP contribution in [-0.2, 0) is 17.6 Å². The third-order valence-corrected chi connectivity index (χ3v) is 5.83. The second-order valence-electron chi connectivity index (χ2n) is 6.10. The van der Waals surface area contributed by atoms with Crippen molar-refractivity contribution in [3.63, 3.8) is 0 Å². The Morgan fingerprint density at radius 3 is 3.08 bits per heavy atom. The van der Waals surface area contributed by atoms with Gasteiger partial charge in [0.05, 0.1) is 12.1 Å². The molecule has 3 heterocycles. The minimum atomic E-state index is -0.113. The van der Waals surface area contributed by atoms with Crippen LogP contribution in [0.15, 0.2) is 28.1 Å². The van der Waals surface area contributed by atoms with Gasteiger partial charge in [0.25, 0.3) is 0 Å². The van der Waals surface area contributed by atoms with Gasteiger partial charge in [-0.15, -0.1) is 11.3 Å². The molecule has 0 spiro atoms. The quantitative estimate of drug-likeness (QED) is 0.829. The van der Waals surface area contributed by atoms with Crippen molar-refractivity contribution in [2.75, 3.05) is 29.4 Å². The highest BCUT2D eigenvalue weighted by atomic mass is 79.9. The summed E-state index contributed by atoms with van der Waals surface area (Å²) in [6.07, 6.45) is 2.03. The van der Waals surface area contributed by atoms with Gasteiger partial charge in [-0.1, -0.05) is 15.9 Å². The Hall–Kier alpha value is -1.93. The number of hydrogen-bond donors (Lipinski definition) is 1. The predicted octanol–water partition coefficient (Wildman–Crippen LogP) is 2.96. The first kappa shape index (κ1) is 16.5. The fraction of sp³-hybridized carbons (Fsp3) is 0.353. The van der Waals surface area contributed by atoms with Crippen LogP contribution in [0.4, 0.5) is 15.6 Å². The molecule has 0 saturated carbocycles. The van der Waals surface area contributed by atoms with E-state index in [0.29, 0.717) is 30.5 Å². The number of benzene rings is 1. The van der Waals surface area contributed by atoms with E-state index < -0.39 is 0 Å². The second-order valence-corrected chi connectivity index (χ2v) is 7.86. The topological polar surface area (TPSA) is 65.5 Å². The van der Waals surface area contributed by atoms with E-state index in [-0.39, 0.29) is 18.4 Å². The van der Waals surface area contributed by atoms with Crippen molar-refractivity contribution < 1.29 is 9.59 Å². The number of nitrogens with one attached hydrogen (secondary N) is 1. The largest absolute Gasteiger partial charge is 0.338 e. The van der Waals surface area contributed by atoms with Crippen molar-refractivity contribution in [1.82, 2.24) is 10.3 Å². The average Bonchev–Trinajstić information content (AvgIpc) is 3.21. The maximum Gasteiger partial charge on any atom is 0.323 e. The third-order valence-electron chi connectivity index (χ3n) is 4.42. The summed E-state index contributed by atoms with van der Waals surface area (Å²) in [5.74, 6) is 0.0426. The van der Waals surface area contributed by atoms with Crippen LogP contribution < -0.4 is 15.1 Å². The van der Waals surface area contributed by atoms with Gasteiger partial charge in [0, 0.05) is 35.2 Å². The van der Waals surface area contributed by atoms with E-state index in [9.17, 15) is 9.59 Å². The molecule has 130 valence electrons. The van der Waals surface area contributed by atoms with Crippen LogP contribution in [0, 0.1) is 0 Å². The molecule has 3 amide bonds. The summed E-state index contributed by atoms with van der Waals surface area (Å²) in [7, 11) is 0. The van der Waals surface area contributed by atoms with Gasteiger partial charge in [0.15, 0.2) is 5.13 Å². The zero-order valence-corrected chi connectivity index (χ0v) is 15.9. The molecule has 0 atom stereocenters. The number of halogens is 1. The Kier molecular flexibility index (Phi) is 4.47. The number of aromatic nitrogens is 1. The molecule has 6 nitrogen and oxygen atoms in total. The molecular weight excluding hydrogens is 404 g/mol. The third kappa shape index (κ3) is 3.28. The molecule has 8 heteroatoms. The van der Waals surface area contributed by atoms with Crippen LogP contribution in [0.1, 0.15) is 17.7 Å². The molecule has 1 aromatic heterocycles. The van der Waals surface area contributed by atoms with Gasteiger partial charge in [-0.3, -0.25) is 9.69 Å². The molecule has 2 aliphatic rings. The zero-order chi connectivity index (χ0) is 17.4. The van der Waals surface area contributed by atoms with E-state index in [4.69, 9.17) is 0 Å². The highest BCUT2D eigenvalue weighted by Gasteiger charge is 2.26. The van der Waals surface area contributed by atoms with E-state index in [2.05, 4.69) is 32.3 Å². The molecule has 1 aromatic carbocycles. The summed E-state index contributed by atoms with van der Waals surface area (Å²) in [5.41, 5.74) is 2.89. The number of carbonyl (C=O) groups is 2. The van der Waals surface area contributed by atoms with E-state index in [1.807, 2.05) is 22.4 Å². The van der Waals surface area contributed by atoms with Gasteiger partial charge in [-0.05, 0) is 36.6 Å². The number of rotatable bonds is 3. The molecule has 0 radical (unpaired) electrons. The molecular formula is C17H17BrN4O2S. The molecule has 1 fully saturated rings. The highest BCUT2D eigenvalue weighted by Crippen LogP contribution is 2.31. The molecule has 4 rings (SSSR count). The van der Waals surface area contributed by atoms with Crippen LogP contribution in [0.2, 0.25) is 0 Å². The first-order valence-corrected chi connectivity index (χ1v) is 9.87. The molecule has 25 heavy (non-hydrogen) atoms. The van der Waals surface area contributed by atoms with Crippen LogP contribution in [0.25, 0.3) is 0 Å². The number of hydrogen-bond acceptors (Lipinski definition) is 4. The minimum absolute atomic E-state index is 0.0426. The van der Waals surface area contributed by atoms with Crippen LogP contribution in [0.3, 0.4) is 0 Å². The molecule has 2 aliphatic heterocycles. The van der Waals surface area contributed by atoms with Crippen molar-refractivity contribution in [1.29, 1.82) is 0 Å². The summed E-state index contributed by atoms with van der Waals surface area (Å²) in [6, 6.07) is 5.89. The summed E-state index contributed by atoms with van der Waals surface area (Å²) in [4.78, 5) is 32.6. The number of urea groups is 1. The molecule has 0 unspecified atom stereocenters. The number of fused-ring (bicyclic) bond motifs is 1. The zero-order valence-electron chi connectivity index (χ0n) is 13.5. The molecule has 1 saturated heterocycles. The van der Waals surface area contributed by atoms with Crippen LogP contribution >= 0.6 is 27.3 Å². The Morgan fingerprint density at radius 1 is 1.36 bits per heavy atom. The van der Waals surface area contributed by atoms with E-state index in [1.165, 1.54) is 16.9 Å². The van der Waals surface area contributed by atoms with Crippen molar-refractivity contribution in [3.8, 4) is 0 Å². The Labute approximate surface area is 158 Å². The Balaban J connectivity index is 1.47. The lowest BCUT2D eigenvalue weighted by Gasteiger charge is -2.24. The van der Waals surface area contributed by atoms with Crippen molar-refractivity contribution in [3.05, 3.63) is 39.3 Å². The van der Waals surface area contributed by atoms with Crippen molar-refractivity contribution in [2.24, 2.45) is 0 Å². The lowest BCUT2D eigenvalue weighted by atomic mass is 10.2. The first-order valence-electron chi connectivity index (χ1n) is 8.20. The molecule has 2 aromatic rings. The summed E-state index contributed by atoms with van der Waals surface area (Å²) in [5, 5.41) is 5.34. The number of nitrogens with zero attached hydrogens (tertiary/aromatic N) is 3.